The molecule has 1 aliphatic heterocycles. The van der Waals surface area contributed by atoms with E-state index in [9.17, 15) is 0 Å². The maximum atomic E-state index is 6.05. The molecule has 120 valence electrons. The van der Waals surface area contributed by atoms with Crippen LogP contribution in [0.5, 0.6) is 0 Å². The number of aromatic nitrogens is 2. The smallest absolute Gasteiger partial charge is 0.110 e. The van der Waals surface area contributed by atoms with E-state index in [2.05, 4.69) is 46.7 Å². The van der Waals surface area contributed by atoms with Gasteiger partial charge in [-0.2, -0.15) is 0 Å². The molecule has 2 rings (SSSR count). The van der Waals surface area contributed by atoms with Crippen LogP contribution in [0.3, 0.4) is 0 Å². The highest BCUT2D eigenvalue weighted by molar-refractivity contribution is 4.98. The third-order valence-corrected chi connectivity index (χ3v) is 4.27. The van der Waals surface area contributed by atoms with Crippen molar-refractivity contribution in [1.29, 1.82) is 0 Å². The molecular weight excluding hydrogens is 264 g/mol. The first kappa shape index (κ1) is 16.5. The molecule has 5 nitrogen and oxygen atoms in total. The highest BCUT2D eigenvalue weighted by Crippen LogP contribution is 2.13. The lowest BCUT2D eigenvalue weighted by Gasteiger charge is -2.37. The highest BCUT2D eigenvalue weighted by Gasteiger charge is 2.28. The fourth-order valence-electron chi connectivity index (χ4n) is 2.94. The Balaban J connectivity index is 2.03. The van der Waals surface area contributed by atoms with Gasteiger partial charge >= 0.3 is 0 Å². The quantitative estimate of drug-likeness (QED) is 0.790. The molecule has 21 heavy (non-hydrogen) atoms. The van der Waals surface area contributed by atoms with E-state index >= 15 is 0 Å². The normalized spacial score (nSPS) is 21.6. The van der Waals surface area contributed by atoms with Crippen molar-refractivity contribution < 1.29 is 4.74 Å². The molecule has 1 N–H and O–H groups in total. The number of hydrogen-bond donors (Lipinski definition) is 1. The summed E-state index contributed by atoms with van der Waals surface area (Å²) in [5.41, 5.74) is 0. The van der Waals surface area contributed by atoms with Crippen molar-refractivity contribution in [2.24, 2.45) is 0 Å². The maximum absolute atomic E-state index is 6.05. The molecule has 1 saturated heterocycles. The Labute approximate surface area is 128 Å². The van der Waals surface area contributed by atoms with Gasteiger partial charge in [-0.1, -0.05) is 13.8 Å². The molecule has 2 atom stereocenters. The average molecular weight is 294 g/mol. The number of nitrogens with one attached hydrogen (secondary N) is 1. The summed E-state index contributed by atoms with van der Waals surface area (Å²) < 4.78 is 8.27. The topological polar surface area (TPSA) is 42.3 Å². The van der Waals surface area contributed by atoms with Crippen LogP contribution in [0.4, 0.5) is 0 Å². The van der Waals surface area contributed by atoms with Gasteiger partial charge in [0.2, 0.25) is 0 Å². The SMILES string of the molecule is CCCNC(Cc1nccn1CC)C1CN(CC)CCO1. The Kier molecular flexibility index (Phi) is 6.67. The zero-order chi connectivity index (χ0) is 15.1. The van der Waals surface area contributed by atoms with Crippen LogP contribution >= 0.6 is 0 Å². The zero-order valence-corrected chi connectivity index (χ0v) is 13.7. The first-order chi connectivity index (χ1) is 10.3. The molecule has 5 heteroatoms. The van der Waals surface area contributed by atoms with Crippen LogP contribution in [0.25, 0.3) is 0 Å². The Morgan fingerprint density at radius 2 is 2.24 bits per heavy atom. The number of likely N-dealkylation sites (N-methyl/N-ethyl adjacent to an activating group) is 1. The second kappa shape index (κ2) is 8.51. The van der Waals surface area contributed by atoms with Gasteiger partial charge < -0.3 is 14.6 Å². The minimum atomic E-state index is 0.257. The highest BCUT2D eigenvalue weighted by atomic mass is 16.5. The van der Waals surface area contributed by atoms with Crippen LogP contribution in [0.1, 0.15) is 33.0 Å². The van der Waals surface area contributed by atoms with Crippen molar-refractivity contribution in [1.82, 2.24) is 19.8 Å². The van der Waals surface area contributed by atoms with Crippen LogP contribution in [0, 0.1) is 0 Å². The fraction of sp³-hybridized carbons (Fsp3) is 0.812. The first-order valence-corrected chi connectivity index (χ1v) is 8.35. The number of aryl methyl sites for hydroxylation is 1. The fourth-order valence-corrected chi connectivity index (χ4v) is 2.94. The van der Waals surface area contributed by atoms with E-state index in [1.165, 1.54) is 0 Å². The van der Waals surface area contributed by atoms with E-state index in [4.69, 9.17) is 4.74 Å². The standard InChI is InChI=1S/C16H30N4O/c1-4-7-17-14(12-16-18-8-9-20(16)6-3)15-13-19(5-2)10-11-21-15/h8-9,14-15,17H,4-7,10-13H2,1-3H3. The minimum Gasteiger partial charge on any atom is -0.374 e. The van der Waals surface area contributed by atoms with E-state index in [-0.39, 0.29) is 6.10 Å². The number of imidazole rings is 1. The van der Waals surface area contributed by atoms with Gasteiger partial charge in [-0.15, -0.1) is 0 Å². The second-order valence-electron chi connectivity index (χ2n) is 5.70. The van der Waals surface area contributed by atoms with E-state index in [1.54, 1.807) is 0 Å². The van der Waals surface area contributed by atoms with Crippen LogP contribution in [-0.2, 0) is 17.7 Å². The monoisotopic (exact) mass is 294 g/mol. The third kappa shape index (κ3) is 4.53. The van der Waals surface area contributed by atoms with Crippen molar-refractivity contribution in [3.63, 3.8) is 0 Å². The zero-order valence-electron chi connectivity index (χ0n) is 13.7. The second-order valence-corrected chi connectivity index (χ2v) is 5.70. The predicted octanol–water partition coefficient (Wildman–Crippen LogP) is 1.53. The van der Waals surface area contributed by atoms with Gasteiger partial charge in [-0.3, -0.25) is 4.90 Å². The van der Waals surface area contributed by atoms with Crippen molar-refractivity contribution in [2.45, 2.75) is 52.3 Å². The summed E-state index contributed by atoms with van der Waals surface area (Å²) >= 11 is 0. The van der Waals surface area contributed by atoms with Crippen LogP contribution in [-0.4, -0.2) is 59.4 Å². The number of hydrogen-bond acceptors (Lipinski definition) is 4. The maximum Gasteiger partial charge on any atom is 0.110 e. The Morgan fingerprint density at radius 1 is 1.38 bits per heavy atom. The molecule has 1 aliphatic rings. The van der Waals surface area contributed by atoms with Gasteiger partial charge in [0, 0.05) is 44.5 Å². The number of morpholine rings is 1. The average Bonchev–Trinajstić information content (AvgIpc) is 2.98. The molecule has 0 amide bonds. The predicted molar refractivity (Wildman–Crippen MR) is 85.5 cm³/mol. The molecule has 0 aromatic carbocycles. The van der Waals surface area contributed by atoms with E-state index < -0.39 is 0 Å². The van der Waals surface area contributed by atoms with E-state index in [0.717, 1.165) is 58.0 Å². The van der Waals surface area contributed by atoms with E-state index in [1.807, 2.05) is 6.20 Å². The largest absolute Gasteiger partial charge is 0.374 e. The molecule has 2 heterocycles. The molecule has 0 aliphatic carbocycles. The van der Waals surface area contributed by atoms with E-state index in [0.29, 0.717) is 6.04 Å². The molecular formula is C16H30N4O. The Hall–Kier alpha value is -0.910. The molecule has 0 saturated carbocycles. The lowest BCUT2D eigenvalue weighted by Crippen LogP contribution is -2.53. The lowest BCUT2D eigenvalue weighted by molar-refractivity contribution is -0.0451. The molecule has 0 radical (unpaired) electrons. The van der Waals surface area contributed by atoms with Crippen molar-refractivity contribution in [3.05, 3.63) is 18.2 Å². The molecule has 1 aromatic rings. The van der Waals surface area contributed by atoms with Crippen molar-refractivity contribution >= 4 is 0 Å². The Morgan fingerprint density at radius 3 is 2.95 bits per heavy atom. The lowest BCUT2D eigenvalue weighted by atomic mass is 10.0. The summed E-state index contributed by atoms with van der Waals surface area (Å²) in [6.07, 6.45) is 6.29. The van der Waals surface area contributed by atoms with Crippen molar-refractivity contribution in [2.75, 3.05) is 32.8 Å². The summed E-state index contributed by atoms with van der Waals surface area (Å²) in [7, 11) is 0. The molecule has 2 unspecified atom stereocenters. The molecule has 0 spiro atoms. The summed E-state index contributed by atoms with van der Waals surface area (Å²) in [5, 5.41) is 3.67. The number of rotatable bonds is 8. The molecule has 0 bridgehead atoms. The minimum absolute atomic E-state index is 0.257. The molecule has 1 aromatic heterocycles. The van der Waals surface area contributed by atoms with Gasteiger partial charge in [-0.25, -0.2) is 4.98 Å². The van der Waals surface area contributed by atoms with Gasteiger partial charge in [0.05, 0.1) is 12.7 Å². The van der Waals surface area contributed by atoms with Crippen LogP contribution < -0.4 is 5.32 Å². The van der Waals surface area contributed by atoms with Gasteiger partial charge in [0.15, 0.2) is 0 Å². The first-order valence-electron chi connectivity index (χ1n) is 8.35. The third-order valence-electron chi connectivity index (χ3n) is 4.27. The Bertz CT molecular complexity index is 407. The van der Waals surface area contributed by atoms with Crippen LogP contribution in [0.15, 0.2) is 12.4 Å². The van der Waals surface area contributed by atoms with Crippen LogP contribution in [0.2, 0.25) is 0 Å². The summed E-state index contributed by atoms with van der Waals surface area (Å²) in [6.45, 7) is 12.6. The van der Waals surface area contributed by atoms with Gasteiger partial charge in [0.1, 0.15) is 5.82 Å². The summed E-state index contributed by atoms with van der Waals surface area (Å²) in [5.74, 6) is 1.16. The number of nitrogens with zero attached hydrogens (tertiary/aromatic N) is 3. The summed E-state index contributed by atoms with van der Waals surface area (Å²) in [6, 6.07) is 0.340. The van der Waals surface area contributed by atoms with Gasteiger partial charge in [0.25, 0.3) is 0 Å². The molecule has 1 fully saturated rings. The van der Waals surface area contributed by atoms with Crippen molar-refractivity contribution in [3.8, 4) is 0 Å². The summed E-state index contributed by atoms with van der Waals surface area (Å²) in [4.78, 5) is 7.00. The van der Waals surface area contributed by atoms with Gasteiger partial charge in [-0.05, 0) is 26.4 Å². The number of ether oxygens (including phenoxy) is 1.